The maximum Gasteiger partial charge on any atom is 0.0598 e. The SMILES string of the molecule is OC1CC2CCC(N2)C1CC1CCC1. The van der Waals surface area contributed by atoms with Crippen molar-refractivity contribution in [3.05, 3.63) is 0 Å². The zero-order chi connectivity index (χ0) is 9.54. The molecule has 2 bridgehead atoms. The lowest BCUT2D eigenvalue weighted by molar-refractivity contribution is 0.0311. The molecule has 3 fully saturated rings. The van der Waals surface area contributed by atoms with Crippen LogP contribution in [0.1, 0.15) is 44.9 Å². The van der Waals surface area contributed by atoms with Crippen molar-refractivity contribution in [2.24, 2.45) is 11.8 Å². The summed E-state index contributed by atoms with van der Waals surface area (Å²) >= 11 is 0. The lowest BCUT2D eigenvalue weighted by Crippen LogP contribution is -2.48. The predicted octanol–water partition coefficient (Wildman–Crippen LogP) is 1.68. The number of hydrogen-bond donors (Lipinski definition) is 2. The number of aliphatic hydroxyl groups is 1. The fraction of sp³-hybridized carbons (Fsp3) is 1.00. The Balaban J connectivity index is 1.64. The first-order chi connectivity index (χ1) is 6.83. The number of piperidine rings is 1. The minimum Gasteiger partial charge on any atom is -0.393 e. The highest BCUT2D eigenvalue weighted by molar-refractivity contribution is 4.98. The first-order valence-electron chi connectivity index (χ1n) is 6.27. The van der Waals surface area contributed by atoms with Gasteiger partial charge in [0.05, 0.1) is 6.10 Å². The van der Waals surface area contributed by atoms with E-state index >= 15 is 0 Å². The smallest absolute Gasteiger partial charge is 0.0598 e. The molecule has 2 N–H and O–H groups in total. The Kier molecular flexibility index (Phi) is 2.29. The lowest BCUT2D eigenvalue weighted by Gasteiger charge is -2.38. The van der Waals surface area contributed by atoms with Crippen molar-refractivity contribution in [1.29, 1.82) is 0 Å². The van der Waals surface area contributed by atoms with E-state index in [1.54, 1.807) is 0 Å². The summed E-state index contributed by atoms with van der Waals surface area (Å²) in [7, 11) is 0. The summed E-state index contributed by atoms with van der Waals surface area (Å²) in [5, 5.41) is 13.7. The van der Waals surface area contributed by atoms with Crippen LogP contribution in [0.5, 0.6) is 0 Å². The normalized spacial score (nSPS) is 47.8. The predicted molar refractivity (Wildman–Crippen MR) is 56.0 cm³/mol. The van der Waals surface area contributed by atoms with Gasteiger partial charge in [0.25, 0.3) is 0 Å². The van der Waals surface area contributed by atoms with Gasteiger partial charge < -0.3 is 10.4 Å². The Hall–Kier alpha value is -0.0800. The van der Waals surface area contributed by atoms with Gasteiger partial charge >= 0.3 is 0 Å². The number of rotatable bonds is 2. The highest BCUT2D eigenvalue weighted by Crippen LogP contribution is 2.40. The summed E-state index contributed by atoms with van der Waals surface area (Å²) in [6.45, 7) is 0. The standard InChI is InChI=1S/C12H21NO/c14-12-7-9-4-5-11(13-9)10(12)6-8-2-1-3-8/h8-14H,1-7H2. The molecule has 3 rings (SSSR count). The molecule has 4 unspecified atom stereocenters. The second-order valence-electron chi connectivity index (χ2n) is 5.55. The molecule has 2 nitrogen and oxygen atoms in total. The van der Waals surface area contributed by atoms with Crippen LogP contribution in [-0.4, -0.2) is 23.3 Å². The maximum absolute atomic E-state index is 10.1. The van der Waals surface area contributed by atoms with Crippen LogP contribution < -0.4 is 5.32 Å². The fourth-order valence-electron chi connectivity index (χ4n) is 3.54. The van der Waals surface area contributed by atoms with E-state index in [0.717, 1.165) is 12.3 Å². The van der Waals surface area contributed by atoms with Gasteiger partial charge in [0.1, 0.15) is 0 Å². The van der Waals surface area contributed by atoms with E-state index in [1.165, 1.54) is 38.5 Å². The van der Waals surface area contributed by atoms with E-state index in [1.807, 2.05) is 0 Å². The molecule has 14 heavy (non-hydrogen) atoms. The molecular weight excluding hydrogens is 174 g/mol. The lowest BCUT2D eigenvalue weighted by atomic mass is 9.74. The second-order valence-corrected chi connectivity index (χ2v) is 5.55. The molecule has 1 aliphatic carbocycles. The van der Waals surface area contributed by atoms with Crippen LogP contribution in [0.25, 0.3) is 0 Å². The zero-order valence-electron chi connectivity index (χ0n) is 8.78. The van der Waals surface area contributed by atoms with Crippen molar-refractivity contribution >= 4 is 0 Å². The van der Waals surface area contributed by atoms with Crippen LogP contribution in [0.4, 0.5) is 0 Å². The summed E-state index contributed by atoms with van der Waals surface area (Å²) < 4.78 is 0. The van der Waals surface area contributed by atoms with E-state index in [0.29, 0.717) is 18.0 Å². The van der Waals surface area contributed by atoms with Crippen LogP contribution in [-0.2, 0) is 0 Å². The van der Waals surface area contributed by atoms with Gasteiger partial charge in [-0.3, -0.25) is 0 Å². The first-order valence-corrected chi connectivity index (χ1v) is 6.27. The molecule has 0 spiro atoms. The number of aliphatic hydroxyl groups excluding tert-OH is 1. The second kappa shape index (κ2) is 3.49. The fourth-order valence-corrected chi connectivity index (χ4v) is 3.54. The minimum atomic E-state index is -0.00523. The van der Waals surface area contributed by atoms with Crippen LogP contribution >= 0.6 is 0 Å². The monoisotopic (exact) mass is 195 g/mol. The highest BCUT2D eigenvalue weighted by Gasteiger charge is 2.41. The van der Waals surface area contributed by atoms with Crippen molar-refractivity contribution in [1.82, 2.24) is 5.32 Å². The number of fused-ring (bicyclic) bond motifs is 2. The summed E-state index contributed by atoms with van der Waals surface area (Å²) in [6, 6.07) is 1.27. The van der Waals surface area contributed by atoms with Crippen LogP contribution in [0, 0.1) is 11.8 Å². The van der Waals surface area contributed by atoms with Crippen molar-refractivity contribution in [2.75, 3.05) is 0 Å². The summed E-state index contributed by atoms with van der Waals surface area (Å²) in [4.78, 5) is 0. The summed E-state index contributed by atoms with van der Waals surface area (Å²) in [5.74, 6) is 1.51. The molecule has 1 saturated carbocycles. The van der Waals surface area contributed by atoms with Gasteiger partial charge in [-0.1, -0.05) is 19.3 Å². The Labute approximate surface area is 86.1 Å². The Morgan fingerprint density at radius 3 is 2.71 bits per heavy atom. The third-order valence-corrected chi connectivity index (χ3v) is 4.64. The van der Waals surface area contributed by atoms with Crippen molar-refractivity contribution in [2.45, 2.75) is 63.1 Å². The number of hydrogen-bond acceptors (Lipinski definition) is 2. The molecular formula is C12H21NO. The molecule has 2 heterocycles. The molecule has 0 amide bonds. The topological polar surface area (TPSA) is 32.3 Å². The molecule has 2 saturated heterocycles. The van der Waals surface area contributed by atoms with Gasteiger partial charge in [-0.05, 0) is 31.6 Å². The molecule has 80 valence electrons. The zero-order valence-corrected chi connectivity index (χ0v) is 8.78. The van der Waals surface area contributed by atoms with Crippen molar-refractivity contribution in [3.63, 3.8) is 0 Å². The van der Waals surface area contributed by atoms with E-state index in [2.05, 4.69) is 5.32 Å². The van der Waals surface area contributed by atoms with Gasteiger partial charge in [0.2, 0.25) is 0 Å². The molecule has 2 heteroatoms. The van der Waals surface area contributed by atoms with Gasteiger partial charge in [-0.25, -0.2) is 0 Å². The Morgan fingerprint density at radius 1 is 1.14 bits per heavy atom. The average molecular weight is 195 g/mol. The van der Waals surface area contributed by atoms with Crippen LogP contribution in [0.15, 0.2) is 0 Å². The number of nitrogens with one attached hydrogen (secondary N) is 1. The average Bonchev–Trinajstić information content (AvgIpc) is 2.45. The first kappa shape index (κ1) is 9.17. The molecule has 2 aliphatic heterocycles. The molecule has 4 atom stereocenters. The molecule has 0 aromatic rings. The minimum absolute atomic E-state index is 0.00523. The van der Waals surface area contributed by atoms with E-state index in [-0.39, 0.29) is 6.10 Å². The van der Waals surface area contributed by atoms with Gasteiger partial charge in [-0.15, -0.1) is 0 Å². The van der Waals surface area contributed by atoms with Gasteiger partial charge in [0.15, 0.2) is 0 Å². The van der Waals surface area contributed by atoms with E-state index in [4.69, 9.17) is 0 Å². The largest absolute Gasteiger partial charge is 0.393 e. The molecule has 0 aromatic heterocycles. The van der Waals surface area contributed by atoms with Crippen molar-refractivity contribution < 1.29 is 5.11 Å². The van der Waals surface area contributed by atoms with E-state index in [9.17, 15) is 5.11 Å². The van der Waals surface area contributed by atoms with Crippen LogP contribution in [0.2, 0.25) is 0 Å². The Morgan fingerprint density at radius 2 is 2.00 bits per heavy atom. The van der Waals surface area contributed by atoms with Crippen LogP contribution in [0.3, 0.4) is 0 Å². The van der Waals surface area contributed by atoms with E-state index < -0.39 is 0 Å². The molecule has 3 aliphatic rings. The molecule has 0 radical (unpaired) electrons. The Bertz CT molecular complexity index is 214. The maximum atomic E-state index is 10.1. The summed E-state index contributed by atoms with van der Waals surface area (Å²) in [5.41, 5.74) is 0. The van der Waals surface area contributed by atoms with Gasteiger partial charge in [-0.2, -0.15) is 0 Å². The molecule has 0 aromatic carbocycles. The third-order valence-electron chi connectivity index (χ3n) is 4.64. The third kappa shape index (κ3) is 1.49. The highest BCUT2D eigenvalue weighted by atomic mass is 16.3. The van der Waals surface area contributed by atoms with Gasteiger partial charge in [0, 0.05) is 18.0 Å². The summed E-state index contributed by atoms with van der Waals surface area (Å²) in [6.07, 6.45) is 9.14. The van der Waals surface area contributed by atoms with Crippen molar-refractivity contribution in [3.8, 4) is 0 Å². The quantitative estimate of drug-likeness (QED) is 0.702.